The minimum absolute atomic E-state index is 0.308. The van der Waals surface area contributed by atoms with Gasteiger partial charge in [0.25, 0.3) is 0 Å². The molecule has 2 aliphatic heterocycles. The molecule has 2 aliphatic rings. The van der Waals surface area contributed by atoms with E-state index in [2.05, 4.69) is 40.6 Å². The van der Waals surface area contributed by atoms with E-state index < -0.39 is 0 Å². The lowest BCUT2D eigenvalue weighted by atomic mass is 10.0. The van der Waals surface area contributed by atoms with Gasteiger partial charge in [-0.15, -0.1) is 0 Å². The fraction of sp³-hybridized carbons (Fsp3) is 0.389. The minimum atomic E-state index is 0.308. The van der Waals surface area contributed by atoms with E-state index in [0.29, 0.717) is 18.2 Å². The summed E-state index contributed by atoms with van der Waals surface area (Å²) in [5.41, 5.74) is 2.37. The first-order valence-electron chi connectivity index (χ1n) is 7.81. The van der Waals surface area contributed by atoms with Gasteiger partial charge in [0.05, 0.1) is 0 Å². The van der Waals surface area contributed by atoms with Crippen molar-refractivity contribution in [2.75, 3.05) is 0 Å². The number of piperidine rings is 1. The van der Waals surface area contributed by atoms with Crippen LogP contribution >= 0.6 is 0 Å². The normalized spacial score (nSPS) is 27.5. The molecular weight excluding hydrogens is 260 g/mol. The Labute approximate surface area is 125 Å². The van der Waals surface area contributed by atoms with Crippen molar-refractivity contribution in [1.29, 1.82) is 0 Å². The lowest BCUT2D eigenvalue weighted by Crippen LogP contribution is -2.42. The molecule has 3 atom stereocenters. The van der Waals surface area contributed by atoms with Crippen LogP contribution in [0.2, 0.25) is 0 Å². The Bertz CT molecular complexity index is 602. The second-order valence-electron chi connectivity index (χ2n) is 6.10. The summed E-state index contributed by atoms with van der Waals surface area (Å²) in [5, 5.41) is 3.64. The lowest BCUT2D eigenvalue weighted by Gasteiger charge is -2.29. The molecule has 0 spiro atoms. The monoisotopic (exact) mass is 280 g/mol. The molecule has 1 aromatic heterocycles. The third-order valence-corrected chi connectivity index (χ3v) is 4.56. The topological polar surface area (TPSA) is 34.1 Å². The van der Waals surface area contributed by atoms with Gasteiger partial charge in [-0.05, 0) is 42.9 Å². The van der Waals surface area contributed by atoms with Crippen molar-refractivity contribution in [1.82, 2.24) is 10.3 Å². The lowest BCUT2D eigenvalue weighted by molar-refractivity contribution is 0.132. The van der Waals surface area contributed by atoms with E-state index in [1.807, 2.05) is 18.3 Å². The van der Waals surface area contributed by atoms with Gasteiger partial charge in [-0.3, -0.25) is 0 Å². The van der Waals surface area contributed by atoms with Crippen LogP contribution in [0.1, 0.15) is 25.7 Å². The highest BCUT2D eigenvalue weighted by Gasteiger charge is 2.34. The van der Waals surface area contributed by atoms with Gasteiger partial charge in [-0.1, -0.05) is 30.3 Å². The fourth-order valence-electron chi connectivity index (χ4n) is 3.56. The predicted octanol–water partition coefficient (Wildman–Crippen LogP) is 3.41. The molecule has 0 aliphatic carbocycles. The Morgan fingerprint density at radius 2 is 1.71 bits per heavy atom. The van der Waals surface area contributed by atoms with Crippen molar-refractivity contribution in [3.05, 3.63) is 48.7 Å². The molecular formula is C18H20N2O. The smallest absolute Gasteiger partial charge is 0.214 e. The van der Waals surface area contributed by atoms with Crippen LogP contribution < -0.4 is 10.1 Å². The molecule has 0 amide bonds. The van der Waals surface area contributed by atoms with Crippen LogP contribution in [-0.4, -0.2) is 23.2 Å². The molecule has 108 valence electrons. The third-order valence-electron chi connectivity index (χ3n) is 4.56. The van der Waals surface area contributed by atoms with Gasteiger partial charge in [0.2, 0.25) is 5.88 Å². The number of aromatic nitrogens is 1. The van der Waals surface area contributed by atoms with Gasteiger partial charge >= 0.3 is 0 Å². The number of fused-ring (bicyclic) bond motifs is 2. The molecule has 3 heteroatoms. The molecule has 2 aromatic rings. The number of ether oxygens (including phenoxy) is 1. The zero-order valence-corrected chi connectivity index (χ0v) is 12.0. The van der Waals surface area contributed by atoms with Crippen LogP contribution in [0.5, 0.6) is 5.88 Å². The molecule has 3 heterocycles. The van der Waals surface area contributed by atoms with E-state index in [4.69, 9.17) is 4.74 Å². The van der Waals surface area contributed by atoms with Gasteiger partial charge in [0.15, 0.2) is 0 Å². The van der Waals surface area contributed by atoms with E-state index in [-0.39, 0.29) is 0 Å². The maximum atomic E-state index is 6.15. The summed E-state index contributed by atoms with van der Waals surface area (Å²) in [6.45, 7) is 0. The number of rotatable bonds is 3. The van der Waals surface area contributed by atoms with E-state index in [9.17, 15) is 0 Å². The quantitative estimate of drug-likeness (QED) is 0.935. The summed E-state index contributed by atoms with van der Waals surface area (Å²) in [6.07, 6.45) is 6.95. The van der Waals surface area contributed by atoms with Gasteiger partial charge in [-0.2, -0.15) is 0 Å². The zero-order valence-electron chi connectivity index (χ0n) is 12.0. The first-order chi connectivity index (χ1) is 10.4. The number of benzene rings is 1. The van der Waals surface area contributed by atoms with Crippen LogP contribution in [-0.2, 0) is 0 Å². The molecule has 2 saturated heterocycles. The summed E-state index contributed by atoms with van der Waals surface area (Å²) < 4.78 is 6.15. The molecule has 1 aromatic carbocycles. The number of hydrogen-bond donors (Lipinski definition) is 1. The third kappa shape index (κ3) is 2.79. The second-order valence-corrected chi connectivity index (χ2v) is 6.10. The minimum Gasteiger partial charge on any atom is -0.474 e. The molecule has 1 N–H and O–H groups in total. The molecule has 2 bridgehead atoms. The fourth-order valence-corrected chi connectivity index (χ4v) is 3.56. The Morgan fingerprint density at radius 3 is 2.48 bits per heavy atom. The average molecular weight is 280 g/mol. The van der Waals surface area contributed by atoms with Gasteiger partial charge in [-0.25, -0.2) is 4.98 Å². The Balaban J connectivity index is 1.51. The highest BCUT2D eigenvalue weighted by Crippen LogP contribution is 2.30. The summed E-state index contributed by atoms with van der Waals surface area (Å²) in [5.74, 6) is 0.752. The van der Waals surface area contributed by atoms with Gasteiger partial charge in [0.1, 0.15) is 6.10 Å². The van der Waals surface area contributed by atoms with Crippen molar-refractivity contribution >= 4 is 0 Å². The van der Waals surface area contributed by atoms with Crippen LogP contribution in [0, 0.1) is 0 Å². The van der Waals surface area contributed by atoms with Crippen LogP contribution in [0.3, 0.4) is 0 Å². The van der Waals surface area contributed by atoms with E-state index in [1.165, 1.54) is 18.4 Å². The van der Waals surface area contributed by atoms with Crippen LogP contribution in [0.25, 0.3) is 11.1 Å². The van der Waals surface area contributed by atoms with Crippen LogP contribution in [0.4, 0.5) is 0 Å². The SMILES string of the molecule is c1ccc(-c2ccnc(O[C@@H]3C[C@H]4CC[C@@H](C3)N4)c2)cc1. The Kier molecular flexibility index (Phi) is 3.36. The van der Waals surface area contributed by atoms with Crippen molar-refractivity contribution in [2.45, 2.75) is 43.9 Å². The maximum Gasteiger partial charge on any atom is 0.214 e. The van der Waals surface area contributed by atoms with Crippen molar-refractivity contribution in [3.63, 3.8) is 0 Å². The summed E-state index contributed by atoms with van der Waals surface area (Å²) in [7, 11) is 0. The zero-order chi connectivity index (χ0) is 14.1. The van der Waals surface area contributed by atoms with Crippen molar-refractivity contribution in [3.8, 4) is 17.0 Å². The van der Waals surface area contributed by atoms with Crippen LogP contribution in [0.15, 0.2) is 48.7 Å². The Hall–Kier alpha value is -1.87. The number of nitrogens with zero attached hydrogens (tertiary/aromatic N) is 1. The number of nitrogens with one attached hydrogen (secondary N) is 1. The highest BCUT2D eigenvalue weighted by atomic mass is 16.5. The van der Waals surface area contributed by atoms with Crippen molar-refractivity contribution in [2.24, 2.45) is 0 Å². The average Bonchev–Trinajstić information content (AvgIpc) is 2.87. The summed E-state index contributed by atoms with van der Waals surface area (Å²) in [4.78, 5) is 4.39. The standard InChI is InChI=1S/C18H20N2O/c1-2-4-13(5-3-1)14-8-9-19-18(10-14)21-17-11-15-6-7-16(12-17)20-15/h1-5,8-10,15-17,20H,6-7,11-12H2/t15-,16+,17-. The molecule has 2 fully saturated rings. The van der Waals surface area contributed by atoms with E-state index in [0.717, 1.165) is 24.3 Å². The summed E-state index contributed by atoms with van der Waals surface area (Å²) in [6, 6.07) is 15.8. The maximum absolute atomic E-state index is 6.15. The molecule has 3 nitrogen and oxygen atoms in total. The van der Waals surface area contributed by atoms with Crippen molar-refractivity contribution < 1.29 is 4.74 Å². The highest BCUT2D eigenvalue weighted by molar-refractivity contribution is 5.63. The van der Waals surface area contributed by atoms with E-state index >= 15 is 0 Å². The molecule has 4 rings (SSSR count). The molecule has 0 radical (unpaired) electrons. The molecule has 0 saturated carbocycles. The first-order valence-corrected chi connectivity index (χ1v) is 7.81. The largest absolute Gasteiger partial charge is 0.474 e. The Morgan fingerprint density at radius 1 is 0.952 bits per heavy atom. The first kappa shape index (κ1) is 12.8. The number of pyridine rings is 1. The van der Waals surface area contributed by atoms with Gasteiger partial charge < -0.3 is 10.1 Å². The van der Waals surface area contributed by atoms with E-state index in [1.54, 1.807) is 0 Å². The molecule has 21 heavy (non-hydrogen) atoms. The number of hydrogen-bond acceptors (Lipinski definition) is 3. The molecule has 0 unspecified atom stereocenters. The second kappa shape index (κ2) is 5.49. The predicted molar refractivity (Wildman–Crippen MR) is 83.3 cm³/mol. The van der Waals surface area contributed by atoms with Gasteiger partial charge in [0, 0.05) is 24.3 Å². The summed E-state index contributed by atoms with van der Waals surface area (Å²) >= 11 is 0.